The summed E-state index contributed by atoms with van der Waals surface area (Å²) in [7, 11) is 0. The monoisotopic (exact) mass is 281 g/mol. The third-order valence-corrected chi connectivity index (χ3v) is 4.12. The van der Waals surface area contributed by atoms with Gasteiger partial charge in [0, 0.05) is 19.2 Å². The van der Waals surface area contributed by atoms with Gasteiger partial charge in [-0.25, -0.2) is 0 Å². The second-order valence-corrected chi connectivity index (χ2v) is 5.71. The van der Waals surface area contributed by atoms with Crippen LogP contribution in [0.2, 0.25) is 0 Å². The smallest absolute Gasteiger partial charge is 0.0732 e. The second-order valence-electron chi connectivity index (χ2n) is 5.71. The van der Waals surface area contributed by atoms with Gasteiger partial charge in [0.1, 0.15) is 0 Å². The average molecular weight is 281 g/mol. The van der Waals surface area contributed by atoms with E-state index in [1.807, 2.05) is 0 Å². The zero-order valence-electron chi connectivity index (χ0n) is 12.4. The molecule has 0 amide bonds. The molecule has 0 radical (unpaired) electrons. The van der Waals surface area contributed by atoms with Crippen molar-refractivity contribution in [1.82, 2.24) is 5.32 Å². The molecule has 1 saturated heterocycles. The lowest BCUT2D eigenvalue weighted by atomic mass is 9.99. The van der Waals surface area contributed by atoms with E-state index in [4.69, 9.17) is 4.74 Å². The van der Waals surface area contributed by atoms with Crippen molar-refractivity contribution in [3.05, 3.63) is 71.8 Å². The average Bonchev–Trinajstić information content (AvgIpc) is 3.08. The van der Waals surface area contributed by atoms with Crippen LogP contribution < -0.4 is 5.32 Å². The van der Waals surface area contributed by atoms with Crippen LogP contribution in [0.1, 0.15) is 24.0 Å². The lowest BCUT2D eigenvalue weighted by Gasteiger charge is -2.24. The van der Waals surface area contributed by atoms with E-state index in [0.29, 0.717) is 12.1 Å². The molecule has 2 aromatic rings. The number of nitrogens with one attached hydrogen (secondary N) is 1. The van der Waals surface area contributed by atoms with Crippen molar-refractivity contribution in [3.8, 4) is 0 Å². The molecule has 1 N–H and O–H groups in total. The number of rotatable bonds is 6. The summed E-state index contributed by atoms with van der Waals surface area (Å²) in [5, 5.41) is 3.70. The van der Waals surface area contributed by atoms with Gasteiger partial charge in [-0.15, -0.1) is 0 Å². The molecule has 0 spiro atoms. The number of benzene rings is 2. The van der Waals surface area contributed by atoms with Gasteiger partial charge in [-0.1, -0.05) is 60.7 Å². The molecule has 0 bridgehead atoms. The van der Waals surface area contributed by atoms with Gasteiger partial charge in [0.05, 0.1) is 6.10 Å². The van der Waals surface area contributed by atoms with Crippen LogP contribution in [0, 0.1) is 0 Å². The van der Waals surface area contributed by atoms with Crippen LogP contribution in [-0.4, -0.2) is 18.8 Å². The highest BCUT2D eigenvalue weighted by atomic mass is 16.5. The van der Waals surface area contributed by atoms with E-state index in [2.05, 4.69) is 66.0 Å². The lowest BCUT2D eigenvalue weighted by molar-refractivity contribution is 0.0777. The maximum atomic E-state index is 5.91. The van der Waals surface area contributed by atoms with Crippen LogP contribution in [0.5, 0.6) is 0 Å². The Balaban J connectivity index is 1.64. The predicted molar refractivity (Wildman–Crippen MR) is 86.2 cm³/mol. The van der Waals surface area contributed by atoms with E-state index in [1.54, 1.807) is 0 Å². The number of hydrogen-bond acceptors (Lipinski definition) is 2. The number of ether oxygens (including phenoxy) is 1. The molecule has 0 aromatic heterocycles. The van der Waals surface area contributed by atoms with Crippen molar-refractivity contribution in [2.45, 2.75) is 38.0 Å². The molecule has 0 aliphatic carbocycles. The summed E-state index contributed by atoms with van der Waals surface area (Å²) in [5.74, 6) is 0. The molecule has 2 heteroatoms. The van der Waals surface area contributed by atoms with Crippen molar-refractivity contribution in [3.63, 3.8) is 0 Å². The molecular weight excluding hydrogens is 258 g/mol. The van der Waals surface area contributed by atoms with Gasteiger partial charge in [-0.3, -0.25) is 0 Å². The Labute approximate surface area is 127 Å². The van der Waals surface area contributed by atoms with Crippen LogP contribution in [0.25, 0.3) is 0 Å². The SMILES string of the molecule is c1ccc(CNC(Cc2ccccc2)C2CCCO2)cc1. The Hall–Kier alpha value is -1.64. The van der Waals surface area contributed by atoms with E-state index >= 15 is 0 Å². The van der Waals surface area contributed by atoms with Crippen molar-refractivity contribution in [2.75, 3.05) is 6.61 Å². The van der Waals surface area contributed by atoms with Gasteiger partial charge in [-0.05, 0) is 30.4 Å². The van der Waals surface area contributed by atoms with E-state index in [0.717, 1.165) is 19.6 Å². The third kappa shape index (κ3) is 4.16. The molecule has 1 aliphatic rings. The maximum absolute atomic E-state index is 5.91. The molecule has 110 valence electrons. The van der Waals surface area contributed by atoms with Crippen LogP contribution in [0.3, 0.4) is 0 Å². The van der Waals surface area contributed by atoms with Crippen LogP contribution >= 0.6 is 0 Å². The van der Waals surface area contributed by atoms with Crippen molar-refractivity contribution in [2.24, 2.45) is 0 Å². The topological polar surface area (TPSA) is 21.3 Å². The first-order chi connectivity index (χ1) is 10.4. The van der Waals surface area contributed by atoms with Crippen LogP contribution in [0.4, 0.5) is 0 Å². The molecule has 1 aliphatic heterocycles. The molecule has 2 aromatic carbocycles. The Kier molecular flexibility index (Phi) is 5.03. The van der Waals surface area contributed by atoms with Gasteiger partial charge in [0.15, 0.2) is 0 Å². The molecule has 2 unspecified atom stereocenters. The first-order valence-electron chi connectivity index (χ1n) is 7.84. The molecule has 21 heavy (non-hydrogen) atoms. The summed E-state index contributed by atoms with van der Waals surface area (Å²) in [6.45, 7) is 1.81. The van der Waals surface area contributed by atoms with Crippen molar-refractivity contribution >= 4 is 0 Å². The summed E-state index contributed by atoms with van der Waals surface area (Å²) < 4.78 is 5.91. The first kappa shape index (κ1) is 14.3. The van der Waals surface area contributed by atoms with Crippen LogP contribution in [-0.2, 0) is 17.7 Å². The zero-order valence-corrected chi connectivity index (χ0v) is 12.4. The molecule has 1 heterocycles. The van der Waals surface area contributed by atoms with E-state index in [9.17, 15) is 0 Å². The normalized spacial score (nSPS) is 19.5. The Morgan fingerprint density at radius 1 is 0.952 bits per heavy atom. The molecule has 2 nitrogen and oxygen atoms in total. The molecule has 2 atom stereocenters. The summed E-state index contributed by atoms with van der Waals surface area (Å²) in [5.41, 5.74) is 2.70. The minimum Gasteiger partial charge on any atom is -0.377 e. The molecule has 3 rings (SSSR count). The molecule has 1 fully saturated rings. The van der Waals surface area contributed by atoms with Gasteiger partial charge >= 0.3 is 0 Å². The summed E-state index contributed by atoms with van der Waals surface area (Å²) in [4.78, 5) is 0. The zero-order chi connectivity index (χ0) is 14.3. The second kappa shape index (κ2) is 7.39. The predicted octanol–water partition coefficient (Wildman–Crippen LogP) is 3.57. The third-order valence-electron chi connectivity index (χ3n) is 4.12. The largest absolute Gasteiger partial charge is 0.377 e. The summed E-state index contributed by atoms with van der Waals surface area (Å²) in [6.07, 6.45) is 3.72. The van der Waals surface area contributed by atoms with E-state index in [-0.39, 0.29) is 0 Å². The molecule has 0 saturated carbocycles. The fourth-order valence-corrected chi connectivity index (χ4v) is 2.97. The van der Waals surface area contributed by atoms with Gasteiger partial charge in [0.25, 0.3) is 0 Å². The first-order valence-corrected chi connectivity index (χ1v) is 7.84. The maximum Gasteiger partial charge on any atom is 0.0732 e. The summed E-state index contributed by atoms with van der Waals surface area (Å²) >= 11 is 0. The lowest BCUT2D eigenvalue weighted by Crippen LogP contribution is -2.41. The minimum absolute atomic E-state index is 0.342. The van der Waals surface area contributed by atoms with Gasteiger partial charge in [-0.2, -0.15) is 0 Å². The fraction of sp³-hybridized carbons (Fsp3) is 0.368. The fourth-order valence-electron chi connectivity index (χ4n) is 2.97. The highest BCUT2D eigenvalue weighted by molar-refractivity contribution is 5.17. The standard InChI is InChI=1S/C19H23NO/c1-3-8-16(9-4-1)14-18(19-12-7-13-21-19)20-15-17-10-5-2-6-11-17/h1-6,8-11,18-20H,7,12-15H2. The number of hydrogen-bond donors (Lipinski definition) is 1. The van der Waals surface area contributed by atoms with Crippen molar-refractivity contribution in [1.29, 1.82) is 0 Å². The van der Waals surface area contributed by atoms with Crippen molar-refractivity contribution < 1.29 is 4.74 Å². The van der Waals surface area contributed by atoms with E-state index < -0.39 is 0 Å². The molecular formula is C19H23NO. The Morgan fingerprint density at radius 3 is 2.24 bits per heavy atom. The minimum atomic E-state index is 0.342. The van der Waals surface area contributed by atoms with Gasteiger partial charge < -0.3 is 10.1 Å². The Bertz CT molecular complexity index is 520. The summed E-state index contributed by atoms with van der Waals surface area (Å²) in [6, 6.07) is 21.7. The van der Waals surface area contributed by atoms with E-state index in [1.165, 1.54) is 24.0 Å². The highest BCUT2D eigenvalue weighted by Crippen LogP contribution is 2.19. The highest BCUT2D eigenvalue weighted by Gasteiger charge is 2.25. The Morgan fingerprint density at radius 2 is 1.62 bits per heavy atom. The quantitative estimate of drug-likeness (QED) is 0.874. The van der Waals surface area contributed by atoms with Crippen LogP contribution in [0.15, 0.2) is 60.7 Å². The van der Waals surface area contributed by atoms with Gasteiger partial charge in [0.2, 0.25) is 0 Å².